The Morgan fingerprint density at radius 2 is 1.97 bits per heavy atom. The fraction of sp³-hybridized carbons (Fsp3) is 0.520. The zero-order valence-corrected chi connectivity index (χ0v) is 20.6. The van der Waals surface area contributed by atoms with E-state index >= 15 is 0 Å². The minimum Gasteiger partial charge on any atom is -0.444 e. The van der Waals surface area contributed by atoms with E-state index in [1.54, 1.807) is 39.0 Å². The van der Waals surface area contributed by atoms with Gasteiger partial charge in [0.15, 0.2) is 5.58 Å². The van der Waals surface area contributed by atoms with Gasteiger partial charge in [-0.05, 0) is 59.6 Å². The van der Waals surface area contributed by atoms with E-state index in [9.17, 15) is 19.2 Å². The molecule has 0 radical (unpaired) electrons. The molecule has 1 saturated heterocycles. The molecular weight excluding hydrogens is 454 g/mol. The predicted octanol–water partition coefficient (Wildman–Crippen LogP) is 2.63. The largest absolute Gasteiger partial charge is 0.444 e. The van der Waals surface area contributed by atoms with E-state index in [1.165, 1.54) is 4.57 Å². The van der Waals surface area contributed by atoms with Crippen molar-refractivity contribution in [3.8, 4) is 11.8 Å². The number of rotatable bonds is 6. The van der Waals surface area contributed by atoms with Gasteiger partial charge in [-0.25, -0.2) is 9.59 Å². The molecule has 10 nitrogen and oxygen atoms in total. The highest BCUT2D eigenvalue weighted by molar-refractivity contribution is 6.00. The first-order valence-electron chi connectivity index (χ1n) is 11.4. The number of alkyl carbamates (subject to hydrolysis) is 1. The molecule has 0 bridgehead atoms. The van der Waals surface area contributed by atoms with Crippen molar-refractivity contribution >= 4 is 29.0 Å². The number of nitrogens with zero attached hydrogens (tertiary/aromatic N) is 1. The van der Waals surface area contributed by atoms with Gasteiger partial charge in [0.05, 0.1) is 17.7 Å². The van der Waals surface area contributed by atoms with Crippen molar-refractivity contribution in [3.05, 3.63) is 34.3 Å². The van der Waals surface area contributed by atoms with Gasteiger partial charge in [-0.3, -0.25) is 19.5 Å². The Bertz CT molecular complexity index is 1240. The van der Waals surface area contributed by atoms with Crippen molar-refractivity contribution in [2.45, 2.75) is 71.1 Å². The summed E-state index contributed by atoms with van der Waals surface area (Å²) in [5, 5.41) is 5.08. The normalized spacial score (nSPS) is 16.4. The summed E-state index contributed by atoms with van der Waals surface area (Å²) < 4.78 is 17.5. The standard InChI is InChI=1S/C25H31N3O7/c1-24(2,3)35-22(31)27-25(4,5)13-15-33-14-7-9-16-8-6-10-17-20(16)34-23(32)28(17)18-11-12-19(29)26-21(18)30/h6,8,10,18H,11-15H2,1-5H3,(H,27,31)(H,26,29,30). The van der Waals surface area contributed by atoms with Crippen LogP contribution in [0.1, 0.15) is 65.5 Å². The second-order valence-electron chi connectivity index (χ2n) is 9.97. The number of hydrogen-bond donors (Lipinski definition) is 2. The second kappa shape index (κ2) is 10.4. The minimum atomic E-state index is -0.814. The molecule has 1 aliphatic rings. The van der Waals surface area contributed by atoms with E-state index in [2.05, 4.69) is 22.5 Å². The maximum absolute atomic E-state index is 12.5. The molecule has 2 N–H and O–H groups in total. The van der Waals surface area contributed by atoms with Gasteiger partial charge in [0.1, 0.15) is 18.2 Å². The lowest BCUT2D eigenvalue weighted by Crippen LogP contribution is -2.46. The number of ether oxygens (including phenoxy) is 2. The molecule has 188 valence electrons. The molecule has 3 rings (SSSR count). The van der Waals surface area contributed by atoms with Gasteiger partial charge in [0.2, 0.25) is 11.8 Å². The first kappa shape index (κ1) is 26.0. The molecule has 0 spiro atoms. The van der Waals surface area contributed by atoms with Crippen LogP contribution >= 0.6 is 0 Å². The molecular formula is C25H31N3O7. The summed E-state index contributed by atoms with van der Waals surface area (Å²) in [6.45, 7) is 9.66. The van der Waals surface area contributed by atoms with Gasteiger partial charge in [-0.1, -0.05) is 17.9 Å². The summed E-state index contributed by atoms with van der Waals surface area (Å²) in [6.07, 6.45) is 0.437. The zero-order valence-electron chi connectivity index (χ0n) is 20.6. The lowest BCUT2D eigenvalue weighted by molar-refractivity contribution is -0.135. The topological polar surface area (TPSA) is 129 Å². The summed E-state index contributed by atoms with van der Waals surface area (Å²) in [5.74, 6) is 4.27. The maximum atomic E-state index is 12.5. The smallest absolute Gasteiger partial charge is 0.420 e. The third-order valence-corrected chi connectivity index (χ3v) is 5.27. The van der Waals surface area contributed by atoms with Gasteiger partial charge < -0.3 is 19.2 Å². The van der Waals surface area contributed by atoms with E-state index in [1.807, 2.05) is 13.8 Å². The molecule has 2 aromatic rings. The van der Waals surface area contributed by atoms with Crippen LogP contribution < -0.4 is 16.4 Å². The highest BCUT2D eigenvalue weighted by atomic mass is 16.6. The van der Waals surface area contributed by atoms with Crippen LogP contribution in [0.5, 0.6) is 0 Å². The first-order chi connectivity index (χ1) is 16.4. The molecule has 1 aliphatic heterocycles. The molecule has 1 aromatic carbocycles. The number of carbonyl (C=O) groups excluding carboxylic acids is 3. The fourth-order valence-electron chi connectivity index (χ4n) is 3.60. The molecule has 0 saturated carbocycles. The number of nitrogens with one attached hydrogen (secondary N) is 2. The molecule has 1 fully saturated rings. The van der Waals surface area contributed by atoms with Crippen LogP contribution in [0.15, 0.2) is 27.4 Å². The van der Waals surface area contributed by atoms with Crippen LogP contribution in [-0.4, -0.2) is 46.8 Å². The first-order valence-corrected chi connectivity index (χ1v) is 11.4. The predicted molar refractivity (Wildman–Crippen MR) is 128 cm³/mol. The molecule has 1 aromatic heterocycles. The van der Waals surface area contributed by atoms with Crippen LogP contribution in [0.25, 0.3) is 11.1 Å². The number of benzene rings is 1. The SMILES string of the molecule is CC(C)(CCOCC#Cc1cccc2c1oc(=O)n2C1CCC(=O)NC1=O)NC(=O)OC(C)(C)C. The van der Waals surface area contributed by atoms with E-state index in [4.69, 9.17) is 13.9 Å². The number of carbonyl (C=O) groups is 3. The van der Waals surface area contributed by atoms with Crippen molar-refractivity contribution in [2.75, 3.05) is 13.2 Å². The molecule has 35 heavy (non-hydrogen) atoms. The highest BCUT2D eigenvalue weighted by Gasteiger charge is 2.31. The Balaban J connectivity index is 1.60. The second-order valence-corrected chi connectivity index (χ2v) is 9.97. The maximum Gasteiger partial charge on any atom is 0.420 e. The van der Waals surface area contributed by atoms with Gasteiger partial charge in [-0.2, -0.15) is 0 Å². The fourth-order valence-corrected chi connectivity index (χ4v) is 3.60. The summed E-state index contributed by atoms with van der Waals surface area (Å²) in [7, 11) is 0. The Labute approximate surface area is 203 Å². The van der Waals surface area contributed by atoms with Crippen LogP contribution in [0.2, 0.25) is 0 Å². The third kappa shape index (κ3) is 6.96. The average molecular weight is 486 g/mol. The zero-order chi connectivity index (χ0) is 25.8. The van der Waals surface area contributed by atoms with Crippen molar-refractivity contribution in [1.82, 2.24) is 15.2 Å². The van der Waals surface area contributed by atoms with Crippen LogP contribution in [0.3, 0.4) is 0 Å². The summed E-state index contributed by atoms with van der Waals surface area (Å²) in [6, 6.07) is 4.28. The number of piperidine rings is 1. The number of oxazole rings is 1. The van der Waals surface area contributed by atoms with Crippen LogP contribution in [-0.2, 0) is 19.1 Å². The van der Waals surface area contributed by atoms with Crippen molar-refractivity contribution in [2.24, 2.45) is 0 Å². The molecule has 1 unspecified atom stereocenters. The lowest BCUT2D eigenvalue weighted by Gasteiger charge is -2.28. The van der Waals surface area contributed by atoms with E-state index < -0.39 is 34.9 Å². The van der Waals surface area contributed by atoms with E-state index in [-0.39, 0.29) is 30.9 Å². The number of para-hydroxylation sites is 1. The number of hydrogen-bond acceptors (Lipinski definition) is 7. The third-order valence-electron chi connectivity index (χ3n) is 5.27. The Morgan fingerprint density at radius 3 is 2.66 bits per heavy atom. The lowest BCUT2D eigenvalue weighted by atomic mass is 10.0. The van der Waals surface area contributed by atoms with Gasteiger partial charge in [0, 0.05) is 12.0 Å². The Hall–Kier alpha value is -3.58. The number of aromatic nitrogens is 1. The van der Waals surface area contributed by atoms with E-state index in [0.717, 1.165) is 0 Å². The number of imide groups is 1. The van der Waals surface area contributed by atoms with Crippen LogP contribution in [0.4, 0.5) is 4.79 Å². The van der Waals surface area contributed by atoms with E-state index in [0.29, 0.717) is 24.1 Å². The van der Waals surface area contributed by atoms with Gasteiger partial charge in [-0.15, -0.1) is 0 Å². The molecule has 1 atom stereocenters. The Morgan fingerprint density at radius 1 is 1.23 bits per heavy atom. The summed E-state index contributed by atoms with van der Waals surface area (Å²) >= 11 is 0. The van der Waals surface area contributed by atoms with Crippen molar-refractivity contribution < 1.29 is 28.3 Å². The monoisotopic (exact) mass is 485 g/mol. The molecule has 3 amide bonds. The van der Waals surface area contributed by atoms with Gasteiger partial charge >= 0.3 is 11.8 Å². The quantitative estimate of drug-likeness (QED) is 0.366. The highest BCUT2D eigenvalue weighted by Crippen LogP contribution is 2.24. The number of amides is 3. The van der Waals surface area contributed by atoms with Crippen molar-refractivity contribution in [3.63, 3.8) is 0 Å². The number of fused-ring (bicyclic) bond motifs is 1. The van der Waals surface area contributed by atoms with Crippen molar-refractivity contribution in [1.29, 1.82) is 0 Å². The summed E-state index contributed by atoms with van der Waals surface area (Å²) in [5.41, 5.74) is 0.103. The molecule has 10 heteroatoms. The van der Waals surface area contributed by atoms with Gasteiger partial charge in [0.25, 0.3) is 0 Å². The average Bonchev–Trinajstić information content (AvgIpc) is 3.05. The summed E-state index contributed by atoms with van der Waals surface area (Å²) in [4.78, 5) is 48.1. The molecule has 0 aliphatic carbocycles. The molecule has 2 heterocycles. The van der Waals surface area contributed by atoms with Crippen LogP contribution in [0, 0.1) is 11.8 Å². The minimum absolute atomic E-state index is 0.136. The Kier molecular flexibility index (Phi) is 7.70.